The summed E-state index contributed by atoms with van der Waals surface area (Å²) in [4.78, 5) is 15.4. The van der Waals surface area contributed by atoms with Crippen LogP contribution in [0.2, 0.25) is 5.02 Å². The molecular formula is C18H18ClNOS. The zero-order valence-electron chi connectivity index (χ0n) is 12.5. The average Bonchev–Trinajstić information content (AvgIpc) is 2.97. The summed E-state index contributed by atoms with van der Waals surface area (Å²) in [5, 5.41) is 0.718. The van der Waals surface area contributed by atoms with Gasteiger partial charge in [0.15, 0.2) is 0 Å². The summed E-state index contributed by atoms with van der Waals surface area (Å²) < 4.78 is 0. The van der Waals surface area contributed by atoms with Gasteiger partial charge in [-0.15, -0.1) is 11.8 Å². The number of carbonyl (C=O) groups is 1. The van der Waals surface area contributed by atoms with Gasteiger partial charge in [0.1, 0.15) is 0 Å². The van der Waals surface area contributed by atoms with Crippen molar-refractivity contribution < 1.29 is 4.79 Å². The number of hydrogen-bond acceptors (Lipinski definition) is 2. The molecule has 0 N–H and O–H groups in total. The number of halogens is 1. The van der Waals surface area contributed by atoms with Crippen LogP contribution in [0.1, 0.15) is 23.6 Å². The first kappa shape index (κ1) is 15.4. The fourth-order valence-corrected chi connectivity index (χ4v) is 3.84. The van der Waals surface area contributed by atoms with Crippen LogP contribution >= 0.6 is 23.4 Å². The van der Waals surface area contributed by atoms with Crippen molar-refractivity contribution in [1.29, 1.82) is 0 Å². The van der Waals surface area contributed by atoms with Crippen LogP contribution in [0.15, 0.2) is 53.4 Å². The molecule has 22 heavy (non-hydrogen) atoms. The van der Waals surface area contributed by atoms with Crippen LogP contribution in [0.4, 0.5) is 0 Å². The van der Waals surface area contributed by atoms with Crippen molar-refractivity contribution in [3.05, 3.63) is 64.7 Å². The van der Waals surface area contributed by atoms with Gasteiger partial charge < -0.3 is 4.90 Å². The first-order chi connectivity index (χ1) is 10.6. The van der Waals surface area contributed by atoms with Crippen LogP contribution in [0.3, 0.4) is 0 Å². The summed E-state index contributed by atoms with van der Waals surface area (Å²) in [5.41, 5.74) is 2.67. The minimum absolute atomic E-state index is 0.168. The number of amides is 1. The minimum atomic E-state index is 0.168. The normalized spacial score (nSPS) is 16.4. The van der Waals surface area contributed by atoms with Gasteiger partial charge in [-0.3, -0.25) is 4.79 Å². The van der Waals surface area contributed by atoms with Gasteiger partial charge in [0, 0.05) is 17.0 Å². The summed E-state index contributed by atoms with van der Waals surface area (Å²) in [6.45, 7) is 0. The number of carbonyl (C=O) groups excluding carboxylic acids is 1. The molecule has 0 aromatic heterocycles. The molecule has 114 valence electrons. The van der Waals surface area contributed by atoms with E-state index in [2.05, 4.69) is 24.3 Å². The first-order valence-corrected chi connectivity index (χ1v) is 8.73. The summed E-state index contributed by atoms with van der Waals surface area (Å²) in [6, 6.07) is 16.2. The summed E-state index contributed by atoms with van der Waals surface area (Å²) in [5.74, 6) is 0.623. The summed E-state index contributed by atoms with van der Waals surface area (Å²) in [6.07, 6.45) is 2.08. The van der Waals surface area contributed by atoms with E-state index >= 15 is 0 Å². The van der Waals surface area contributed by atoms with Crippen LogP contribution in [0.25, 0.3) is 0 Å². The van der Waals surface area contributed by atoms with E-state index in [9.17, 15) is 4.79 Å². The maximum absolute atomic E-state index is 12.5. The lowest BCUT2D eigenvalue weighted by molar-refractivity contribution is -0.129. The summed E-state index contributed by atoms with van der Waals surface area (Å²) in [7, 11) is 1.91. The number of rotatable bonds is 4. The molecule has 1 amide bonds. The van der Waals surface area contributed by atoms with E-state index in [0.717, 1.165) is 22.8 Å². The molecule has 0 radical (unpaired) electrons. The van der Waals surface area contributed by atoms with Gasteiger partial charge >= 0.3 is 0 Å². The third-order valence-corrected chi connectivity index (χ3v) is 5.39. The molecule has 4 heteroatoms. The molecule has 0 aliphatic heterocycles. The van der Waals surface area contributed by atoms with Gasteiger partial charge in [-0.1, -0.05) is 35.9 Å². The second-order valence-corrected chi connectivity index (χ2v) is 6.99. The standard InChI is InChI=1S/C18H18ClNOS/c1-20(17-11-6-13-4-2-3-5-16(13)17)18(21)12-22-15-9-7-14(19)8-10-15/h2-5,7-10,17H,6,11-12H2,1H3. The third kappa shape index (κ3) is 3.31. The molecule has 0 fully saturated rings. The Kier molecular flexibility index (Phi) is 4.74. The highest BCUT2D eigenvalue weighted by molar-refractivity contribution is 8.00. The molecule has 1 atom stereocenters. The Labute approximate surface area is 140 Å². The third-order valence-electron chi connectivity index (χ3n) is 4.14. The van der Waals surface area contributed by atoms with Crippen molar-refractivity contribution in [2.45, 2.75) is 23.8 Å². The molecule has 0 saturated heterocycles. The molecule has 2 nitrogen and oxygen atoms in total. The van der Waals surface area contributed by atoms with Crippen molar-refractivity contribution in [3.8, 4) is 0 Å². The predicted octanol–water partition coefficient (Wildman–Crippen LogP) is 4.58. The van der Waals surface area contributed by atoms with Crippen LogP contribution in [-0.2, 0) is 11.2 Å². The lowest BCUT2D eigenvalue weighted by atomic mass is 10.1. The van der Waals surface area contributed by atoms with Gasteiger partial charge in [-0.05, 0) is 48.2 Å². The monoisotopic (exact) mass is 331 g/mol. The molecule has 1 unspecified atom stereocenters. The molecule has 0 heterocycles. The van der Waals surface area contributed by atoms with Crippen molar-refractivity contribution >= 4 is 29.3 Å². The Balaban J connectivity index is 1.62. The predicted molar refractivity (Wildman–Crippen MR) is 92.5 cm³/mol. The van der Waals surface area contributed by atoms with Crippen molar-refractivity contribution in [3.63, 3.8) is 0 Å². The molecule has 0 spiro atoms. The maximum atomic E-state index is 12.5. The Bertz CT molecular complexity index is 671. The fraction of sp³-hybridized carbons (Fsp3) is 0.278. The smallest absolute Gasteiger partial charge is 0.233 e. The number of nitrogens with zero attached hydrogens (tertiary/aromatic N) is 1. The average molecular weight is 332 g/mol. The van der Waals surface area contributed by atoms with E-state index < -0.39 is 0 Å². The highest BCUT2D eigenvalue weighted by Crippen LogP contribution is 2.35. The Morgan fingerprint density at radius 2 is 1.95 bits per heavy atom. The fourth-order valence-electron chi connectivity index (χ4n) is 2.89. The van der Waals surface area contributed by atoms with Gasteiger partial charge in [0.05, 0.1) is 11.8 Å². The Morgan fingerprint density at radius 1 is 1.23 bits per heavy atom. The van der Waals surface area contributed by atoms with E-state index in [-0.39, 0.29) is 11.9 Å². The lowest BCUT2D eigenvalue weighted by Gasteiger charge is -2.25. The van der Waals surface area contributed by atoms with Gasteiger partial charge in [0.25, 0.3) is 0 Å². The minimum Gasteiger partial charge on any atom is -0.338 e. The van der Waals surface area contributed by atoms with Crippen molar-refractivity contribution in [2.75, 3.05) is 12.8 Å². The second-order valence-electron chi connectivity index (χ2n) is 5.50. The molecule has 0 saturated carbocycles. The van der Waals surface area contributed by atoms with E-state index in [1.807, 2.05) is 36.2 Å². The van der Waals surface area contributed by atoms with Gasteiger partial charge in [0.2, 0.25) is 5.91 Å². The van der Waals surface area contributed by atoms with Crippen molar-refractivity contribution in [2.24, 2.45) is 0 Å². The molecule has 1 aliphatic carbocycles. The topological polar surface area (TPSA) is 20.3 Å². The maximum Gasteiger partial charge on any atom is 0.233 e. The number of aryl methyl sites for hydroxylation is 1. The molecule has 2 aromatic rings. The Morgan fingerprint density at radius 3 is 2.73 bits per heavy atom. The summed E-state index contributed by atoms with van der Waals surface area (Å²) >= 11 is 7.43. The zero-order chi connectivity index (χ0) is 15.5. The largest absolute Gasteiger partial charge is 0.338 e. The molecular weight excluding hydrogens is 314 g/mol. The van der Waals surface area contributed by atoms with E-state index in [1.54, 1.807) is 11.8 Å². The molecule has 3 rings (SSSR count). The number of thioether (sulfide) groups is 1. The number of hydrogen-bond donors (Lipinski definition) is 0. The van der Waals surface area contributed by atoms with E-state index in [0.29, 0.717) is 5.75 Å². The van der Waals surface area contributed by atoms with Crippen LogP contribution in [-0.4, -0.2) is 23.6 Å². The van der Waals surface area contributed by atoms with Crippen LogP contribution < -0.4 is 0 Å². The zero-order valence-corrected chi connectivity index (χ0v) is 14.0. The number of benzene rings is 2. The van der Waals surface area contributed by atoms with Gasteiger partial charge in [-0.25, -0.2) is 0 Å². The highest BCUT2D eigenvalue weighted by atomic mass is 35.5. The SMILES string of the molecule is CN(C(=O)CSc1ccc(Cl)cc1)C1CCc2ccccc21. The number of fused-ring (bicyclic) bond motifs is 1. The van der Waals surface area contributed by atoms with Gasteiger partial charge in [-0.2, -0.15) is 0 Å². The van der Waals surface area contributed by atoms with Crippen molar-refractivity contribution in [1.82, 2.24) is 4.90 Å². The quantitative estimate of drug-likeness (QED) is 0.764. The highest BCUT2D eigenvalue weighted by Gasteiger charge is 2.28. The second kappa shape index (κ2) is 6.76. The van der Waals surface area contributed by atoms with E-state index in [4.69, 9.17) is 11.6 Å². The molecule has 2 aromatic carbocycles. The van der Waals surface area contributed by atoms with Crippen LogP contribution in [0, 0.1) is 0 Å². The van der Waals surface area contributed by atoms with Crippen LogP contribution in [0.5, 0.6) is 0 Å². The lowest BCUT2D eigenvalue weighted by Crippen LogP contribution is -2.31. The molecule has 1 aliphatic rings. The molecule has 0 bridgehead atoms. The Hall–Kier alpha value is -1.45. The first-order valence-electron chi connectivity index (χ1n) is 7.37. The van der Waals surface area contributed by atoms with E-state index in [1.165, 1.54) is 11.1 Å².